The second kappa shape index (κ2) is 8.48. The summed E-state index contributed by atoms with van der Waals surface area (Å²) < 4.78 is 6.28. The van der Waals surface area contributed by atoms with Crippen molar-refractivity contribution in [3.8, 4) is 0 Å². The SMILES string of the molecule is CC(C)Nc1ncc(C(=O)N2C[C@@H](c3ccccc3)O[C@@H](C(C)C)C2)cn1. The largest absolute Gasteiger partial charge is 0.366 e. The van der Waals surface area contributed by atoms with Gasteiger partial charge < -0.3 is 15.0 Å². The van der Waals surface area contributed by atoms with Gasteiger partial charge in [0.1, 0.15) is 6.10 Å². The van der Waals surface area contributed by atoms with Crippen molar-refractivity contribution in [3.63, 3.8) is 0 Å². The molecule has 1 aliphatic heterocycles. The molecule has 1 aliphatic rings. The molecule has 2 atom stereocenters. The predicted molar refractivity (Wildman–Crippen MR) is 106 cm³/mol. The van der Waals surface area contributed by atoms with Crippen LogP contribution in [-0.4, -0.2) is 46.0 Å². The molecule has 1 fully saturated rings. The lowest BCUT2D eigenvalue weighted by atomic mass is 10.0. The Labute approximate surface area is 161 Å². The lowest BCUT2D eigenvalue weighted by molar-refractivity contribution is -0.0954. The number of hydrogen-bond donors (Lipinski definition) is 1. The Morgan fingerprint density at radius 2 is 1.78 bits per heavy atom. The molecule has 0 radical (unpaired) electrons. The summed E-state index contributed by atoms with van der Waals surface area (Å²) in [6, 6.07) is 10.3. The molecule has 27 heavy (non-hydrogen) atoms. The predicted octanol–water partition coefficient (Wildman–Crippen LogP) is 3.54. The summed E-state index contributed by atoms with van der Waals surface area (Å²) in [6.45, 7) is 9.38. The number of amides is 1. The van der Waals surface area contributed by atoms with Gasteiger partial charge in [0.05, 0.1) is 18.2 Å². The molecule has 0 unspecified atom stereocenters. The van der Waals surface area contributed by atoms with Gasteiger partial charge in [0.25, 0.3) is 5.91 Å². The number of nitrogens with zero attached hydrogens (tertiary/aromatic N) is 3. The third kappa shape index (κ3) is 4.83. The van der Waals surface area contributed by atoms with Crippen molar-refractivity contribution in [2.24, 2.45) is 5.92 Å². The van der Waals surface area contributed by atoms with Gasteiger partial charge in [-0.05, 0) is 25.3 Å². The Morgan fingerprint density at radius 3 is 2.37 bits per heavy atom. The first-order valence-electron chi connectivity index (χ1n) is 9.52. The van der Waals surface area contributed by atoms with Gasteiger partial charge in [-0.1, -0.05) is 44.2 Å². The van der Waals surface area contributed by atoms with Crippen LogP contribution in [0.3, 0.4) is 0 Å². The minimum atomic E-state index is -0.126. The summed E-state index contributed by atoms with van der Waals surface area (Å²) >= 11 is 0. The van der Waals surface area contributed by atoms with Crippen LogP contribution in [0, 0.1) is 5.92 Å². The first-order valence-corrected chi connectivity index (χ1v) is 9.52. The van der Waals surface area contributed by atoms with E-state index in [1.165, 1.54) is 0 Å². The van der Waals surface area contributed by atoms with Gasteiger partial charge in [0.15, 0.2) is 0 Å². The number of carbonyl (C=O) groups is 1. The molecule has 6 nitrogen and oxygen atoms in total. The molecule has 6 heteroatoms. The molecule has 3 rings (SSSR count). The summed E-state index contributed by atoms with van der Waals surface area (Å²) in [6.07, 6.45) is 3.06. The molecule has 144 valence electrons. The average Bonchev–Trinajstić information content (AvgIpc) is 2.68. The molecular weight excluding hydrogens is 340 g/mol. The third-order valence-corrected chi connectivity index (χ3v) is 4.64. The Kier molecular flexibility index (Phi) is 6.06. The summed E-state index contributed by atoms with van der Waals surface area (Å²) in [4.78, 5) is 23.4. The fourth-order valence-corrected chi connectivity index (χ4v) is 3.13. The molecule has 1 aromatic heterocycles. The molecular formula is C21H28N4O2. The van der Waals surface area contributed by atoms with Crippen LogP contribution in [0.1, 0.15) is 49.7 Å². The van der Waals surface area contributed by atoms with Gasteiger partial charge in [-0.15, -0.1) is 0 Å². The summed E-state index contributed by atoms with van der Waals surface area (Å²) in [5, 5.41) is 3.13. The molecule has 2 aromatic rings. The Morgan fingerprint density at radius 1 is 1.11 bits per heavy atom. The summed E-state index contributed by atoms with van der Waals surface area (Å²) in [5.74, 6) is 0.799. The van der Waals surface area contributed by atoms with Gasteiger partial charge >= 0.3 is 0 Å². The molecule has 2 heterocycles. The first-order chi connectivity index (χ1) is 12.9. The lowest BCUT2D eigenvalue weighted by Gasteiger charge is -2.40. The van der Waals surface area contributed by atoms with E-state index in [9.17, 15) is 4.79 Å². The van der Waals surface area contributed by atoms with E-state index in [1.807, 2.05) is 49.1 Å². The zero-order valence-corrected chi connectivity index (χ0v) is 16.4. The zero-order chi connectivity index (χ0) is 19.4. The number of carbonyl (C=O) groups excluding carboxylic acids is 1. The summed E-state index contributed by atoms with van der Waals surface area (Å²) in [5.41, 5.74) is 1.59. The maximum Gasteiger partial charge on any atom is 0.257 e. The second-order valence-electron chi connectivity index (χ2n) is 7.62. The van der Waals surface area contributed by atoms with Crippen LogP contribution >= 0.6 is 0 Å². The second-order valence-corrected chi connectivity index (χ2v) is 7.62. The highest BCUT2D eigenvalue weighted by atomic mass is 16.5. The van der Waals surface area contributed by atoms with Gasteiger partial charge in [0, 0.05) is 25.0 Å². The Balaban J connectivity index is 1.77. The van der Waals surface area contributed by atoms with Crippen molar-refractivity contribution in [2.45, 2.75) is 45.9 Å². The Hall–Kier alpha value is -2.47. The number of ether oxygens (including phenoxy) is 1. The van der Waals surface area contributed by atoms with Crippen LogP contribution in [0.15, 0.2) is 42.7 Å². The molecule has 1 saturated heterocycles. The molecule has 0 aliphatic carbocycles. The third-order valence-electron chi connectivity index (χ3n) is 4.64. The lowest BCUT2D eigenvalue weighted by Crippen LogP contribution is -2.48. The van der Waals surface area contributed by atoms with E-state index in [4.69, 9.17) is 4.74 Å². The topological polar surface area (TPSA) is 67.4 Å². The van der Waals surface area contributed by atoms with Crippen molar-refractivity contribution < 1.29 is 9.53 Å². The van der Waals surface area contributed by atoms with Gasteiger partial charge in [-0.3, -0.25) is 4.79 Å². The molecule has 0 bridgehead atoms. The smallest absolute Gasteiger partial charge is 0.257 e. The minimum Gasteiger partial charge on any atom is -0.366 e. The fourth-order valence-electron chi connectivity index (χ4n) is 3.13. The van der Waals surface area contributed by atoms with Crippen molar-refractivity contribution >= 4 is 11.9 Å². The van der Waals surface area contributed by atoms with Gasteiger partial charge in [-0.25, -0.2) is 9.97 Å². The normalized spacial score (nSPS) is 20.1. The van der Waals surface area contributed by atoms with E-state index >= 15 is 0 Å². The van der Waals surface area contributed by atoms with E-state index in [2.05, 4.69) is 29.1 Å². The molecule has 1 N–H and O–H groups in total. The van der Waals surface area contributed by atoms with Crippen LogP contribution in [0.5, 0.6) is 0 Å². The van der Waals surface area contributed by atoms with Crippen LogP contribution in [-0.2, 0) is 4.74 Å². The van der Waals surface area contributed by atoms with Crippen molar-refractivity contribution in [3.05, 3.63) is 53.9 Å². The molecule has 0 saturated carbocycles. The van der Waals surface area contributed by atoms with E-state index in [-0.39, 0.29) is 24.2 Å². The van der Waals surface area contributed by atoms with Crippen molar-refractivity contribution in [1.82, 2.24) is 14.9 Å². The standard InChI is InChI=1S/C21H28N4O2/c1-14(2)18-12-25(13-19(27-18)16-8-6-5-7-9-16)20(26)17-10-22-21(23-11-17)24-15(3)4/h5-11,14-15,18-19H,12-13H2,1-4H3,(H,22,23,24)/t18-,19+/m1/s1. The van der Waals surface area contributed by atoms with Crippen LogP contribution in [0.25, 0.3) is 0 Å². The molecule has 1 amide bonds. The molecule has 1 aromatic carbocycles. The average molecular weight is 368 g/mol. The van der Waals surface area contributed by atoms with Crippen molar-refractivity contribution in [2.75, 3.05) is 18.4 Å². The van der Waals surface area contributed by atoms with Gasteiger partial charge in [0.2, 0.25) is 5.95 Å². The first kappa shape index (κ1) is 19.3. The highest BCUT2D eigenvalue weighted by Gasteiger charge is 2.33. The maximum atomic E-state index is 13.0. The van der Waals surface area contributed by atoms with E-state index in [1.54, 1.807) is 12.4 Å². The number of rotatable bonds is 5. The number of morpholine rings is 1. The van der Waals surface area contributed by atoms with E-state index in [0.717, 1.165) is 5.56 Å². The van der Waals surface area contributed by atoms with E-state index in [0.29, 0.717) is 30.5 Å². The summed E-state index contributed by atoms with van der Waals surface area (Å²) in [7, 11) is 0. The van der Waals surface area contributed by atoms with Crippen LogP contribution < -0.4 is 5.32 Å². The number of benzene rings is 1. The molecule has 0 spiro atoms. The monoisotopic (exact) mass is 368 g/mol. The fraction of sp³-hybridized carbons (Fsp3) is 0.476. The van der Waals surface area contributed by atoms with Gasteiger partial charge in [-0.2, -0.15) is 0 Å². The van der Waals surface area contributed by atoms with E-state index < -0.39 is 0 Å². The highest BCUT2D eigenvalue weighted by molar-refractivity contribution is 5.93. The quantitative estimate of drug-likeness (QED) is 0.874. The number of aromatic nitrogens is 2. The highest BCUT2D eigenvalue weighted by Crippen LogP contribution is 2.28. The van der Waals surface area contributed by atoms with Crippen LogP contribution in [0.2, 0.25) is 0 Å². The number of anilines is 1. The van der Waals surface area contributed by atoms with Crippen LogP contribution in [0.4, 0.5) is 5.95 Å². The minimum absolute atomic E-state index is 0.00398. The maximum absolute atomic E-state index is 13.0. The zero-order valence-electron chi connectivity index (χ0n) is 16.4. The Bertz CT molecular complexity index is 747. The number of nitrogens with one attached hydrogen (secondary N) is 1. The number of hydrogen-bond acceptors (Lipinski definition) is 5. The van der Waals surface area contributed by atoms with Crippen molar-refractivity contribution in [1.29, 1.82) is 0 Å².